The minimum atomic E-state index is -0.797. The predicted molar refractivity (Wildman–Crippen MR) is 81.9 cm³/mol. The van der Waals surface area contributed by atoms with Crippen LogP contribution in [0, 0.1) is 0 Å². The number of aliphatic hydroxyl groups excluding tert-OH is 1. The average Bonchev–Trinajstić information content (AvgIpc) is 2.73. The smallest absolute Gasteiger partial charge is 0.290 e. The zero-order valence-corrected chi connectivity index (χ0v) is 13.5. The van der Waals surface area contributed by atoms with Crippen LogP contribution in [0.1, 0.15) is 31.9 Å². The molecule has 0 bridgehead atoms. The quantitative estimate of drug-likeness (QED) is 0.757. The van der Waals surface area contributed by atoms with Gasteiger partial charge in [-0.3, -0.25) is 9.59 Å². The van der Waals surface area contributed by atoms with Gasteiger partial charge in [-0.25, -0.2) is 0 Å². The molecule has 2 aliphatic heterocycles. The van der Waals surface area contributed by atoms with E-state index in [-0.39, 0.29) is 12.2 Å². The van der Waals surface area contributed by atoms with Gasteiger partial charge < -0.3 is 15.3 Å². The van der Waals surface area contributed by atoms with Crippen LogP contribution in [0.15, 0.2) is 22.7 Å². The van der Waals surface area contributed by atoms with E-state index in [4.69, 9.17) is 0 Å². The lowest BCUT2D eigenvalue weighted by Crippen LogP contribution is -2.55. The molecular weight excluding hydrogens is 336 g/mol. The molecule has 2 atom stereocenters. The predicted octanol–water partition coefficient (Wildman–Crippen LogP) is 1.86. The molecule has 0 aromatic heterocycles. The van der Waals surface area contributed by atoms with Crippen LogP contribution in [0.3, 0.4) is 0 Å². The van der Waals surface area contributed by atoms with E-state index in [1.165, 1.54) is 4.90 Å². The normalized spacial score (nSPS) is 27.5. The van der Waals surface area contributed by atoms with Gasteiger partial charge in [-0.05, 0) is 32.0 Å². The molecule has 2 aliphatic rings. The van der Waals surface area contributed by atoms with Crippen LogP contribution in [0.25, 0.3) is 0 Å². The molecule has 1 fully saturated rings. The molecule has 0 unspecified atom stereocenters. The van der Waals surface area contributed by atoms with E-state index in [1.54, 1.807) is 0 Å². The summed E-state index contributed by atoms with van der Waals surface area (Å²) in [7, 11) is 0. The topological polar surface area (TPSA) is 69.6 Å². The fraction of sp³-hybridized carbons (Fsp3) is 0.467. The summed E-state index contributed by atoms with van der Waals surface area (Å²) in [5, 5.41) is 14.0. The zero-order chi connectivity index (χ0) is 15.4. The molecule has 21 heavy (non-hydrogen) atoms. The Bertz CT molecular complexity index is 629. The molecule has 1 aromatic carbocycles. The number of hydrogen-bond donors (Lipinski definition) is 2. The van der Waals surface area contributed by atoms with E-state index >= 15 is 0 Å². The summed E-state index contributed by atoms with van der Waals surface area (Å²) in [6, 6.07) is 5.21. The first-order valence-electron chi connectivity index (χ1n) is 6.91. The highest BCUT2D eigenvalue weighted by molar-refractivity contribution is 9.10. The van der Waals surface area contributed by atoms with Crippen LogP contribution < -0.4 is 5.32 Å². The molecule has 2 heterocycles. The number of aliphatic hydroxyl groups is 1. The van der Waals surface area contributed by atoms with Crippen LogP contribution in [0.4, 0.5) is 5.69 Å². The molecule has 3 rings (SSSR count). The van der Waals surface area contributed by atoms with Crippen LogP contribution in [0.5, 0.6) is 0 Å². The number of likely N-dealkylation sites (tertiary alicyclic amines) is 1. The van der Waals surface area contributed by atoms with E-state index < -0.39 is 23.6 Å². The van der Waals surface area contributed by atoms with Gasteiger partial charge in [-0.15, -0.1) is 0 Å². The zero-order valence-electron chi connectivity index (χ0n) is 11.9. The molecule has 0 aliphatic carbocycles. The Labute approximate surface area is 131 Å². The van der Waals surface area contributed by atoms with Crippen LogP contribution >= 0.6 is 15.9 Å². The minimum Gasteiger partial charge on any atom is -0.388 e. The summed E-state index contributed by atoms with van der Waals surface area (Å²) < 4.78 is 0.873. The lowest BCUT2D eigenvalue weighted by molar-refractivity contribution is -0.143. The number of carbonyl (C=O) groups is 2. The van der Waals surface area contributed by atoms with Gasteiger partial charge in [0.05, 0.1) is 11.6 Å². The van der Waals surface area contributed by atoms with Gasteiger partial charge in [-0.1, -0.05) is 15.9 Å². The molecule has 112 valence electrons. The maximum absolute atomic E-state index is 12.1. The maximum Gasteiger partial charge on any atom is 0.290 e. The summed E-state index contributed by atoms with van der Waals surface area (Å²) in [6.45, 7) is 4.14. The van der Waals surface area contributed by atoms with Crippen molar-refractivity contribution in [3.8, 4) is 0 Å². The third-order valence-corrected chi connectivity index (χ3v) is 4.74. The van der Waals surface area contributed by atoms with Crippen molar-refractivity contribution in [2.45, 2.75) is 38.0 Å². The second kappa shape index (κ2) is 4.81. The minimum absolute atomic E-state index is 0.221. The van der Waals surface area contributed by atoms with Crippen molar-refractivity contribution in [3.63, 3.8) is 0 Å². The van der Waals surface area contributed by atoms with E-state index in [0.717, 1.165) is 15.7 Å². The van der Waals surface area contributed by atoms with Gasteiger partial charge in [0.15, 0.2) is 0 Å². The van der Waals surface area contributed by atoms with Crippen molar-refractivity contribution in [3.05, 3.63) is 28.2 Å². The largest absolute Gasteiger partial charge is 0.388 e. The lowest BCUT2D eigenvalue weighted by atomic mass is 9.82. The van der Waals surface area contributed by atoms with E-state index in [9.17, 15) is 14.7 Å². The maximum atomic E-state index is 12.1. The molecule has 6 heteroatoms. The monoisotopic (exact) mass is 352 g/mol. The number of fused-ring (bicyclic) bond motifs is 1. The second-order valence-corrected chi connectivity index (χ2v) is 7.06. The standard InChI is InChI=1S/C15H17BrN2O3/c1-15(2)13(20)12(18-6-5-11(19)14(18)21)9-7-8(16)3-4-10(9)17-15/h3-4,7,12-13,17,20H,5-6H2,1-2H3/t12-,13+/m0/s1. The number of nitrogens with zero attached hydrogens (tertiary/aromatic N) is 1. The molecule has 1 saturated heterocycles. The van der Waals surface area contributed by atoms with Crippen molar-refractivity contribution >= 4 is 33.3 Å². The van der Waals surface area contributed by atoms with Crippen LogP contribution in [-0.2, 0) is 9.59 Å². The number of rotatable bonds is 1. The molecule has 2 N–H and O–H groups in total. The first-order valence-corrected chi connectivity index (χ1v) is 7.70. The number of hydrogen-bond acceptors (Lipinski definition) is 4. The summed E-state index contributed by atoms with van der Waals surface area (Å²) >= 11 is 3.42. The van der Waals surface area contributed by atoms with Crippen molar-refractivity contribution in [1.29, 1.82) is 0 Å². The summed E-state index contributed by atoms with van der Waals surface area (Å²) in [6.07, 6.45) is -0.576. The van der Waals surface area contributed by atoms with Gasteiger partial charge in [0, 0.05) is 28.7 Å². The van der Waals surface area contributed by atoms with E-state index in [0.29, 0.717) is 6.54 Å². The van der Waals surface area contributed by atoms with E-state index in [2.05, 4.69) is 21.2 Å². The molecule has 5 nitrogen and oxygen atoms in total. The Morgan fingerprint density at radius 3 is 2.71 bits per heavy atom. The molecule has 1 amide bonds. The Morgan fingerprint density at radius 2 is 2.10 bits per heavy atom. The highest BCUT2D eigenvalue weighted by Crippen LogP contribution is 2.43. The number of ketones is 1. The second-order valence-electron chi connectivity index (χ2n) is 6.14. The number of benzene rings is 1. The Morgan fingerprint density at radius 1 is 1.38 bits per heavy atom. The SMILES string of the molecule is CC1(C)Nc2ccc(Br)cc2[C@H](N2CCC(=O)C2=O)[C@H]1O. The van der Waals surface area contributed by atoms with Gasteiger partial charge in [0.2, 0.25) is 5.78 Å². The molecule has 0 spiro atoms. The number of halogens is 1. The lowest BCUT2D eigenvalue weighted by Gasteiger charge is -2.46. The highest BCUT2D eigenvalue weighted by Gasteiger charge is 2.47. The molecular formula is C15H17BrN2O3. The van der Waals surface area contributed by atoms with Crippen molar-refractivity contribution in [2.75, 3.05) is 11.9 Å². The summed E-state index contributed by atoms with van der Waals surface area (Å²) in [5.74, 6) is -0.877. The van der Waals surface area contributed by atoms with Crippen LogP contribution in [-0.4, -0.2) is 39.9 Å². The van der Waals surface area contributed by atoms with Crippen LogP contribution in [0.2, 0.25) is 0 Å². The molecule has 0 radical (unpaired) electrons. The first-order chi connectivity index (χ1) is 9.81. The third kappa shape index (κ3) is 2.26. The third-order valence-electron chi connectivity index (χ3n) is 4.24. The van der Waals surface area contributed by atoms with E-state index in [1.807, 2.05) is 32.0 Å². The average molecular weight is 353 g/mol. The van der Waals surface area contributed by atoms with Crippen molar-refractivity contribution in [2.24, 2.45) is 0 Å². The number of carbonyl (C=O) groups excluding carboxylic acids is 2. The fourth-order valence-electron chi connectivity index (χ4n) is 3.07. The Kier molecular flexibility index (Phi) is 3.33. The van der Waals surface area contributed by atoms with Gasteiger partial charge in [0.1, 0.15) is 6.10 Å². The highest BCUT2D eigenvalue weighted by atomic mass is 79.9. The van der Waals surface area contributed by atoms with Gasteiger partial charge in [0.25, 0.3) is 5.91 Å². The number of Topliss-reactive ketones (excluding diaryl/α,β-unsaturated/α-hetero) is 1. The Hall–Kier alpha value is -1.40. The van der Waals surface area contributed by atoms with Gasteiger partial charge >= 0.3 is 0 Å². The first kappa shape index (κ1) is 14.5. The van der Waals surface area contributed by atoms with Gasteiger partial charge in [-0.2, -0.15) is 0 Å². The number of anilines is 1. The summed E-state index contributed by atoms with van der Waals surface area (Å²) in [5.41, 5.74) is 1.13. The number of amides is 1. The molecule has 0 saturated carbocycles. The Balaban J connectivity index is 2.11. The number of nitrogens with one attached hydrogen (secondary N) is 1. The van der Waals surface area contributed by atoms with Crippen molar-refractivity contribution < 1.29 is 14.7 Å². The summed E-state index contributed by atoms with van der Waals surface area (Å²) in [4.78, 5) is 25.2. The molecule has 1 aromatic rings. The fourth-order valence-corrected chi connectivity index (χ4v) is 3.45. The van der Waals surface area contributed by atoms with Crippen molar-refractivity contribution in [1.82, 2.24) is 4.90 Å².